The van der Waals surface area contributed by atoms with Crippen molar-refractivity contribution in [2.75, 3.05) is 13.1 Å². The highest BCUT2D eigenvalue weighted by Crippen LogP contribution is 2.28. The van der Waals surface area contributed by atoms with Crippen molar-refractivity contribution in [3.8, 4) is 11.3 Å². The fraction of sp³-hybridized carbons (Fsp3) is 0.231. The Labute approximate surface area is 191 Å². The van der Waals surface area contributed by atoms with Crippen molar-refractivity contribution in [2.24, 2.45) is 11.7 Å². The van der Waals surface area contributed by atoms with Crippen molar-refractivity contribution in [3.63, 3.8) is 0 Å². The second kappa shape index (κ2) is 8.86. The third-order valence-corrected chi connectivity index (χ3v) is 6.27. The van der Waals surface area contributed by atoms with E-state index in [1.807, 2.05) is 71.4 Å². The average molecular weight is 440 g/mol. The van der Waals surface area contributed by atoms with Gasteiger partial charge in [-0.2, -0.15) is 5.10 Å². The van der Waals surface area contributed by atoms with Crippen LogP contribution < -0.4 is 5.73 Å². The fourth-order valence-corrected chi connectivity index (χ4v) is 4.39. The first-order chi connectivity index (χ1) is 16.1. The molecule has 0 atom stereocenters. The predicted molar refractivity (Wildman–Crippen MR) is 126 cm³/mol. The Hall–Kier alpha value is -4.00. The lowest BCUT2D eigenvalue weighted by Gasteiger charge is -2.30. The molecule has 0 aliphatic carbocycles. The summed E-state index contributed by atoms with van der Waals surface area (Å²) in [5.41, 5.74) is 9.49. The number of rotatable bonds is 5. The number of nitrogens with two attached hydrogens (primary N) is 1. The second-order valence-corrected chi connectivity index (χ2v) is 8.42. The molecule has 0 radical (unpaired) electrons. The zero-order chi connectivity index (χ0) is 22.8. The molecule has 4 aromatic rings. The van der Waals surface area contributed by atoms with E-state index < -0.39 is 0 Å². The summed E-state index contributed by atoms with van der Waals surface area (Å²) in [5, 5.41) is 5.30. The monoisotopic (exact) mass is 439 g/mol. The number of likely N-dealkylation sites (tertiary alicyclic amines) is 1. The third-order valence-electron chi connectivity index (χ3n) is 6.27. The van der Waals surface area contributed by atoms with E-state index in [2.05, 4.69) is 5.10 Å². The van der Waals surface area contributed by atoms with Crippen molar-refractivity contribution in [2.45, 2.75) is 19.4 Å². The van der Waals surface area contributed by atoms with Crippen LogP contribution in [0.1, 0.15) is 28.8 Å². The van der Waals surface area contributed by atoms with Crippen molar-refractivity contribution in [1.82, 2.24) is 19.7 Å². The van der Waals surface area contributed by atoms with Gasteiger partial charge in [0.1, 0.15) is 0 Å². The van der Waals surface area contributed by atoms with Crippen LogP contribution >= 0.6 is 0 Å². The Morgan fingerprint density at radius 2 is 1.64 bits per heavy atom. The lowest BCUT2D eigenvalue weighted by atomic mass is 9.95. The van der Waals surface area contributed by atoms with Gasteiger partial charge in [0.25, 0.3) is 5.91 Å². The maximum absolute atomic E-state index is 13.6. The molecule has 1 aliphatic rings. The third kappa shape index (κ3) is 4.22. The van der Waals surface area contributed by atoms with Gasteiger partial charge in [-0.1, -0.05) is 60.7 Å². The Morgan fingerprint density at radius 1 is 0.970 bits per heavy atom. The minimum Gasteiger partial charge on any atom is -0.369 e. The number of carbonyl (C=O) groups excluding carboxylic acids is 2. The van der Waals surface area contributed by atoms with Gasteiger partial charge in [0.05, 0.1) is 29.4 Å². The van der Waals surface area contributed by atoms with E-state index in [-0.39, 0.29) is 17.7 Å². The van der Waals surface area contributed by atoms with Gasteiger partial charge < -0.3 is 10.6 Å². The summed E-state index contributed by atoms with van der Waals surface area (Å²) in [6.07, 6.45) is 2.91. The molecule has 1 saturated heterocycles. The Kier molecular flexibility index (Phi) is 5.60. The van der Waals surface area contributed by atoms with E-state index in [4.69, 9.17) is 10.7 Å². The van der Waals surface area contributed by atoms with Crippen LogP contribution in [0.2, 0.25) is 0 Å². The molecule has 7 nitrogen and oxygen atoms in total. The molecule has 0 spiro atoms. The van der Waals surface area contributed by atoms with Gasteiger partial charge in [-0.05, 0) is 24.5 Å². The summed E-state index contributed by atoms with van der Waals surface area (Å²) in [6.45, 7) is 1.58. The molecular formula is C26H25N5O2. The first-order valence-electron chi connectivity index (χ1n) is 11.1. The molecule has 2 aromatic heterocycles. The number of amides is 2. The molecule has 33 heavy (non-hydrogen) atoms. The molecule has 1 fully saturated rings. The summed E-state index contributed by atoms with van der Waals surface area (Å²) < 4.78 is 1.84. The van der Waals surface area contributed by atoms with Crippen LogP contribution in [-0.2, 0) is 11.3 Å². The number of benzene rings is 2. The molecule has 2 amide bonds. The van der Waals surface area contributed by atoms with E-state index in [1.165, 1.54) is 0 Å². The summed E-state index contributed by atoms with van der Waals surface area (Å²) in [7, 11) is 0. The molecule has 5 rings (SSSR count). The molecule has 2 N–H and O–H groups in total. The summed E-state index contributed by atoms with van der Waals surface area (Å²) >= 11 is 0. The molecule has 7 heteroatoms. The number of carbonyl (C=O) groups is 2. The summed E-state index contributed by atoms with van der Waals surface area (Å²) in [5.74, 6) is -0.524. The number of fused-ring (bicyclic) bond motifs is 1. The van der Waals surface area contributed by atoms with E-state index in [9.17, 15) is 9.59 Å². The number of hydrogen-bond acceptors (Lipinski definition) is 4. The lowest BCUT2D eigenvalue weighted by molar-refractivity contribution is -0.123. The average Bonchev–Trinajstić information content (AvgIpc) is 3.27. The Balaban J connectivity index is 1.56. The maximum Gasteiger partial charge on any atom is 0.254 e. The smallest absolute Gasteiger partial charge is 0.254 e. The fourth-order valence-electron chi connectivity index (χ4n) is 4.39. The van der Waals surface area contributed by atoms with Crippen LogP contribution in [0.25, 0.3) is 22.3 Å². The van der Waals surface area contributed by atoms with E-state index in [0.717, 1.165) is 22.2 Å². The molecule has 2 aromatic carbocycles. The van der Waals surface area contributed by atoms with E-state index in [1.54, 1.807) is 11.1 Å². The highest BCUT2D eigenvalue weighted by atomic mass is 16.2. The summed E-state index contributed by atoms with van der Waals surface area (Å²) in [4.78, 5) is 31.8. The second-order valence-electron chi connectivity index (χ2n) is 8.42. The number of nitrogens with zero attached hydrogens (tertiary/aromatic N) is 4. The molecule has 1 aliphatic heterocycles. The molecule has 0 unspecified atom stereocenters. The maximum atomic E-state index is 13.6. The van der Waals surface area contributed by atoms with Crippen molar-refractivity contribution in [3.05, 3.63) is 84.1 Å². The van der Waals surface area contributed by atoms with Gasteiger partial charge in [-0.3, -0.25) is 9.59 Å². The first kappa shape index (κ1) is 20.9. The van der Waals surface area contributed by atoms with Crippen molar-refractivity contribution >= 4 is 22.8 Å². The van der Waals surface area contributed by atoms with Gasteiger partial charge in [0.2, 0.25) is 5.91 Å². The van der Waals surface area contributed by atoms with E-state index >= 15 is 0 Å². The first-order valence-corrected chi connectivity index (χ1v) is 11.1. The molecule has 0 bridgehead atoms. The predicted octanol–water partition coefficient (Wildman–Crippen LogP) is 3.48. The van der Waals surface area contributed by atoms with Crippen LogP contribution in [0, 0.1) is 5.92 Å². The SMILES string of the molecule is NC(=O)C1CCN(C(=O)c2cc(-c3ccccc3)nc3c2cnn3Cc2ccccc2)CC1. The quantitative estimate of drug-likeness (QED) is 0.515. The van der Waals surface area contributed by atoms with Crippen LogP contribution in [0.5, 0.6) is 0 Å². The number of pyridine rings is 1. The Bertz CT molecular complexity index is 1290. The van der Waals surface area contributed by atoms with Crippen LogP contribution in [0.15, 0.2) is 72.9 Å². The van der Waals surface area contributed by atoms with Gasteiger partial charge in [-0.15, -0.1) is 0 Å². The number of hydrogen-bond donors (Lipinski definition) is 1. The number of piperidine rings is 1. The zero-order valence-corrected chi connectivity index (χ0v) is 18.2. The zero-order valence-electron chi connectivity index (χ0n) is 18.2. The van der Waals surface area contributed by atoms with Crippen LogP contribution in [-0.4, -0.2) is 44.6 Å². The van der Waals surface area contributed by atoms with Gasteiger partial charge in [0.15, 0.2) is 5.65 Å². The largest absolute Gasteiger partial charge is 0.369 e. The van der Waals surface area contributed by atoms with Crippen LogP contribution in [0.4, 0.5) is 0 Å². The highest BCUT2D eigenvalue weighted by Gasteiger charge is 2.28. The molecular weight excluding hydrogens is 414 g/mol. The molecule has 166 valence electrons. The minimum absolute atomic E-state index is 0.0678. The number of aromatic nitrogens is 3. The van der Waals surface area contributed by atoms with E-state index in [0.29, 0.717) is 43.7 Å². The minimum atomic E-state index is -0.290. The van der Waals surface area contributed by atoms with Crippen molar-refractivity contribution < 1.29 is 9.59 Å². The molecule has 3 heterocycles. The summed E-state index contributed by atoms with van der Waals surface area (Å²) in [6, 6.07) is 21.8. The number of primary amides is 1. The topological polar surface area (TPSA) is 94.1 Å². The van der Waals surface area contributed by atoms with Gasteiger partial charge in [-0.25, -0.2) is 9.67 Å². The standard InChI is InChI=1S/C26H25N5O2/c27-24(32)20-11-13-30(14-12-20)26(33)21-15-23(19-9-5-2-6-10-19)29-25-22(21)16-28-31(25)17-18-7-3-1-4-8-18/h1-10,15-16,20H,11-14,17H2,(H2,27,32). The molecule has 0 saturated carbocycles. The van der Waals surface area contributed by atoms with Crippen molar-refractivity contribution in [1.29, 1.82) is 0 Å². The van der Waals surface area contributed by atoms with Crippen LogP contribution in [0.3, 0.4) is 0 Å². The van der Waals surface area contributed by atoms with Gasteiger partial charge >= 0.3 is 0 Å². The lowest BCUT2D eigenvalue weighted by Crippen LogP contribution is -2.41. The highest BCUT2D eigenvalue weighted by molar-refractivity contribution is 6.06. The van der Waals surface area contributed by atoms with Gasteiger partial charge in [0, 0.05) is 24.6 Å². The normalized spacial score (nSPS) is 14.5. The Morgan fingerprint density at radius 3 is 2.30 bits per heavy atom.